The van der Waals surface area contributed by atoms with E-state index in [1.807, 2.05) is 0 Å². The molecule has 1 atom stereocenters. The van der Waals surface area contributed by atoms with Crippen LogP contribution in [0.15, 0.2) is 6.33 Å². The number of hydrogen-bond donors (Lipinski definition) is 2. The van der Waals surface area contributed by atoms with Crippen LogP contribution in [-0.4, -0.2) is 27.7 Å². The zero-order valence-electron chi connectivity index (χ0n) is 7.21. The van der Waals surface area contributed by atoms with Gasteiger partial charge in [-0.05, 0) is 6.92 Å². The summed E-state index contributed by atoms with van der Waals surface area (Å²) in [6, 6.07) is 0. The molecule has 14 heavy (non-hydrogen) atoms. The van der Waals surface area contributed by atoms with Gasteiger partial charge >= 0.3 is 0 Å². The van der Waals surface area contributed by atoms with Gasteiger partial charge in [0.2, 0.25) is 0 Å². The molecule has 0 aliphatic carbocycles. The lowest BCUT2D eigenvalue weighted by atomic mass is 10.5. The topological polar surface area (TPSA) is 107 Å². The van der Waals surface area contributed by atoms with Gasteiger partial charge in [-0.3, -0.25) is 4.55 Å². The highest BCUT2D eigenvalue weighted by molar-refractivity contribution is 7.77. The van der Waals surface area contributed by atoms with E-state index in [4.69, 9.17) is 10.3 Å². The van der Waals surface area contributed by atoms with Crippen LogP contribution in [0.25, 0.3) is 11.2 Å². The van der Waals surface area contributed by atoms with Crippen molar-refractivity contribution < 1.29 is 8.76 Å². The van der Waals surface area contributed by atoms with Gasteiger partial charge in [-0.1, -0.05) is 0 Å². The second-order valence-corrected chi connectivity index (χ2v) is 3.48. The van der Waals surface area contributed by atoms with Gasteiger partial charge in [0.15, 0.2) is 17.0 Å². The number of anilines is 1. The van der Waals surface area contributed by atoms with Gasteiger partial charge in [-0.2, -0.15) is 0 Å². The number of hydrogen-bond acceptors (Lipinski definition) is 5. The highest BCUT2D eigenvalue weighted by Gasteiger charge is 2.11. The Balaban J connectivity index is 2.85. The van der Waals surface area contributed by atoms with Gasteiger partial charge in [0, 0.05) is 0 Å². The third kappa shape index (κ3) is 1.24. The number of imidazole rings is 1. The highest BCUT2D eigenvalue weighted by atomic mass is 32.2. The summed E-state index contributed by atoms with van der Waals surface area (Å²) in [4.78, 5) is 11.7. The second kappa shape index (κ2) is 3.00. The van der Waals surface area contributed by atoms with Crippen LogP contribution < -0.4 is 5.73 Å². The first-order valence-corrected chi connectivity index (χ1v) is 4.74. The molecule has 2 aromatic heterocycles. The van der Waals surface area contributed by atoms with Crippen LogP contribution in [0.4, 0.5) is 5.82 Å². The minimum atomic E-state index is -2.18. The number of nitrogen functional groups attached to an aromatic ring is 1. The zero-order valence-corrected chi connectivity index (χ0v) is 8.02. The smallest absolute Gasteiger partial charge is 0.268 e. The fourth-order valence-corrected chi connectivity index (χ4v) is 1.53. The average Bonchev–Trinajstić information content (AvgIpc) is 2.47. The van der Waals surface area contributed by atoms with Crippen LogP contribution >= 0.6 is 0 Å². The highest BCUT2D eigenvalue weighted by Crippen LogP contribution is 2.15. The quantitative estimate of drug-likeness (QED) is 0.630. The summed E-state index contributed by atoms with van der Waals surface area (Å²) in [5, 5.41) is 0. The fraction of sp³-hybridized carbons (Fsp3) is 0.167. The van der Waals surface area contributed by atoms with Gasteiger partial charge in [-0.25, -0.2) is 23.1 Å². The Morgan fingerprint density at radius 1 is 1.57 bits per heavy atom. The monoisotopic (exact) mass is 213 g/mol. The molecule has 0 aliphatic heterocycles. The molecule has 2 heterocycles. The number of rotatable bonds is 1. The van der Waals surface area contributed by atoms with Crippen molar-refractivity contribution in [1.82, 2.24) is 18.9 Å². The Morgan fingerprint density at radius 2 is 2.29 bits per heavy atom. The molecular weight excluding hydrogens is 206 g/mol. The number of nitrogens with zero attached hydrogens (tertiary/aromatic N) is 4. The van der Waals surface area contributed by atoms with Crippen molar-refractivity contribution in [2.75, 3.05) is 5.73 Å². The Hall–Kier alpha value is -1.54. The SMILES string of the molecule is Cc1nc(N)c2ncn(S(=O)O)c2n1. The first kappa shape index (κ1) is 9.03. The van der Waals surface area contributed by atoms with Crippen LogP contribution in [0.2, 0.25) is 0 Å². The molecule has 0 aliphatic rings. The maximum Gasteiger partial charge on any atom is 0.268 e. The molecule has 0 saturated heterocycles. The summed E-state index contributed by atoms with van der Waals surface area (Å²) in [5.74, 6) is 0.638. The third-order valence-corrected chi connectivity index (χ3v) is 2.28. The van der Waals surface area contributed by atoms with E-state index in [-0.39, 0.29) is 11.5 Å². The Kier molecular flexibility index (Phi) is 1.93. The van der Waals surface area contributed by atoms with Crippen molar-refractivity contribution in [3.8, 4) is 0 Å². The maximum absolute atomic E-state index is 10.8. The first-order valence-electron chi connectivity index (χ1n) is 3.68. The molecule has 2 aromatic rings. The first-order chi connectivity index (χ1) is 6.59. The summed E-state index contributed by atoms with van der Waals surface area (Å²) >= 11 is -2.18. The lowest BCUT2D eigenvalue weighted by molar-refractivity contribution is 0.556. The Labute approximate surface area is 81.4 Å². The normalized spacial score (nSPS) is 13.3. The summed E-state index contributed by atoms with van der Waals surface area (Å²) in [6.07, 6.45) is 1.20. The van der Waals surface area contributed by atoms with Crippen LogP contribution in [0, 0.1) is 6.92 Å². The number of aromatic nitrogens is 4. The fourth-order valence-electron chi connectivity index (χ4n) is 1.13. The molecule has 0 saturated carbocycles. The molecule has 2 rings (SSSR count). The lowest BCUT2D eigenvalue weighted by Gasteiger charge is -1.98. The molecule has 3 N–H and O–H groups in total. The van der Waals surface area contributed by atoms with E-state index in [1.54, 1.807) is 6.92 Å². The van der Waals surface area contributed by atoms with Crippen molar-refractivity contribution in [3.63, 3.8) is 0 Å². The predicted molar refractivity (Wildman–Crippen MR) is 50.6 cm³/mol. The molecule has 8 heteroatoms. The lowest BCUT2D eigenvalue weighted by Crippen LogP contribution is -2.04. The van der Waals surface area contributed by atoms with Crippen molar-refractivity contribution >= 4 is 28.2 Å². The van der Waals surface area contributed by atoms with Crippen LogP contribution in [-0.2, 0) is 11.3 Å². The van der Waals surface area contributed by atoms with Crippen molar-refractivity contribution in [2.24, 2.45) is 0 Å². The molecule has 0 aromatic carbocycles. The van der Waals surface area contributed by atoms with Crippen LogP contribution in [0.3, 0.4) is 0 Å². The van der Waals surface area contributed by atoms with Gasteiger partial charge in [-0.15, -0.1) is 0 Å². The van der Waals surface area contributed by atoms with Gasteiger partial charge in [0.1, 0.15) is 12.2 Å². The van der Waals surface area contributed by atoms with E-state index in [9.17, 15) is 4.21 Å². The molecule has 0 bridgehead atoms. The summed E-state index contributed by atoms with van der Waals surface area (Å²) in [5.41, 5.74) is 6.15. The standard InChI is InChI=1S/C6H7N5O2S/c1-3-9-5(7)4-6(10-3)11(2-8-4)14(12)13/h2H,1H3,(H,12,13)(H2,7,9,10). The molecule has 0 fully saturated rings. The molecule has 1 unspecified atom stereocenters. The van der Waals surface area contributed by atoms with Crippen LogP contribution in [0.5, 0.6) is 0 Å². The molecule has 0 spiro atoms. The van der Waals surface area contributed by atoms with E-state index < -0.39 is 11.3 Å². The summed E-state index contributed by atoms with van der Waals surface area (Å²) in [6.45, 7) is 1.65. The molecule has 7 nitrogen and oxygen atoms in total. The van der Waals surface area contributed by atoms with E-state index in [1.165, 1.54) is 6.33 Å². The number of nitrogens with two attached hydrogens (primary N) is 1. The summed E-state index contributed by atoms with van der Waals surface area (Å²) < 4.78 is 20.7. The molecular formula is C6H7N5O2S. The van der Waals surface area contributed by atoms with E-state index in [2.05, 4.69) is 15.0 Å². The number of fused-ring (bicyclic) bond motifs is 1. The molecule has 0 radical (unpaired) electrons. The minimum Gasteiger partial charge on any atom is -0.382 e. The summed E-state index contributed by atoms with van der Waals surface area (Å²) in [7, 11) is 0. The molecule has 74 valence electrons. The van der Waals surface area contributed by atoms with Crippen molar-refractivity contribution in [2.45, 2.75) is 6.92 Å². The van der Waals surface area contributed by atoms with Gasteiger partial charge in [0.25, 0.3) is 11.3 Å². The predicted octanol–water partition coefficient (Wildman–Crippen LogP) is -0.298. The van der Waals surface area contributed by atoms with Gasteiger partial charge in [0.05, 0.1) is 0 Å². The maximum atomic E-state index is 10.8. The molecule has 0 amide bonds. The Bertz CT molecular complexity index is 522. The van der Waals surface area contributed by atoms with Crippen molar-refractivity contribution in [3.05, 3.63) is 12.2 Å². The zero-order chi connectivity index (χ0) is 10.3. The third-order valence-electron chi connectivity index (χ3n) is 1.67. The largest absolute Gasteiger partial charge is 0.382 e. The van der Waals surface area contributed by atoms with Crippen molar-refractivity contribution in [1.29, 1.82) is 0 Å². The van der Waals surface area contributed by atoms with Gasteiger partial charge < -0.3 is 5.73 Å². The second-order valence-electron chi connectivity index (χ2n) is 2.63. The van der Waals surface area contributed by atoms with Crippen LogP contribution in [0.1, 0.15) is 5.82 Å². The number of aryl methyl sites for hydroxylation is 1. The van der Waals surface area contributed by atoms with E-state index in [0.717, 1.165) is 3.97 Å². The average molecular weight is 213 g/mol. The minimum absolute atomic E-state index is 0.205. The Morgan fingerprint density at radius 3 is 2.93 bits per heavy atom. The van der Waals surface area contributed by atoms with E-state index in [0.29, 0.717) is 11.3 Å². The van der Waals surface area contributed by atoms with E-state index >= 15 is 0 Å².